The topological polar surface area (TPSA) is 111 Å². The molecule has 0 fully saturated rings. The third kappa shape index (κ3) is 18.3. The van der Waals surface area contributed by atoms with Gasteiger partial charge in [-0.1, -0.05) is 41.5 Å². The zero-order valence-electron chi connectivity index (χ0n) is 25.0. The maximum Gasteiger partial charge on any atom is 0.227 e. The molecule has 1 atom stereocenters. The van der Waals surface area contributed by atoms with Crippen LogP contribution < -0.4 is 10.6 Å². The highest BCUT2D eigenvalue weighted by molar-refractivity contribution is 6.00. The van der Waals surface area contributed by atoms with Gasteiger partial charge in [0, 0.05) is 48.2 Å². The average molecular weight is 527 g/mol. The molecule has 2 N–H and O–H groups in total. The van der Waals surface area contributed by atoms with E-state index in [0.717, 1.165) is 6.54 Å². The molecule has 0 radical (unpaired) electrons. The van der Waals surface area contributed by atoms with Crippen molar-refractivity contribution in [3.05, 3.63) is 0 Å². The van der Waals surface area contributed by atoms with Crippen LogP contribution in [0, 0.1) is 16.7 Å². The Labute approximate surface area is 225 Å². The zero-order valence-corrected chi connectivity index (χ0v) is 25.0. The van der Waals surface area contributed by atoms with Crippen molar-refractivity contribution < 1.29 is 28.7 Å². The molecule has 0 saturated carbocycles. The van der Waals surface area contributed by atoms with Gasteiger partial charge in [0.25, 0.3) is 0 Å². The van der Waals surface area contributed by atoms with E-state index in [9.17, 15) is 19.2 Å². The number of nitrogens with one attached hydrogen (secondary N) is 2. The number of carbonyl (C=O) groups excluding carboxylic acids is 4. The van der Waals surface area contributed by atoms with Gasteiger partial charge in [-0.25, -0.2) is 0 Å². The standard InChI is InChI=1S/C29H54N2O6/c1-22(23(32)11-10-12-24(33)27(2,3)4)13-14-29(8,9)25(34)21-26(35)30-15-17-36-19-20-37-18-16-31-28(5,6)7/h22,31H,10-21H2,1-9H3,(H,30,35). The van der Waals surface area contributed by atoms with Gasteiger partial charge in [-0.2, -0.15) is 0 Å². The van der Waals surface area contributed by atoms with Gasteiger partial charge < -0.3 is 20.1 Å². The van der Waals surface area contributed by atoms with Crippen LogP contribution in [0.25, 0.3) is 0 Å². The van der Waals surface area contributed by atoms with Crippen molar-refractivity contribution in [1.29, 1.82) is 0 Å². The molecule has 1 unspecified atom stereocenters. The van der Waals surface area contributed by atoms with Crippen LogP contribution in [0.15, 0.2) is 0 Å². The molecule has 8 nitrogen and oxygen atoms in total. The summed E-state index contributed by atoms with van der Waals surface area (Å²) in [6.45, 7) is 20.5. The van der Waals surface area contributed by atoms with Gasteiger partial charge in [-0.15, -0.1) is 0 Å². The van der Waals surface area contributed by atoms with Gasteiger partial charge >= 0.3 is 0 Å². The number of ketones is 3. The van der Waals surface area contributed by atoms with Gasteiger partial charge in [0.2, 0.25) is 5.91 Å². The minimum atomic E-state index is -0.691. The lowest BCUT2D eigenvalue weighted by molar-refractivity contribution is -0.134. The first kappa shape index (κ1) is 35.4. The normalized spacial score (nSPS) is 13.3. The summed E-state index contributed by atoms with van der Waals surface area (Å²) >= 11 is 0. The molecule has 8 heteroatoms. The van der Waals surface area contributed by atoms with Crippen molar-refractivity contribution in [2.75, 3.05) is 39.5 Å². The summed E-state index contributed by atoms with van der Waals surface area (Å²) < 4.78 is 10.9. The number of ether oxygens (including phenoxy) is 2. The van der Waals surface area contributed by atoms with E-state index in [4.69, 9.17) is 9.47 Å². The van der Waals surface area contributed by atoms with Crippen LogP contribution in [-0.4, -0.2) is 68.3 Å². The summed E-state index contributed by atoms with van der Waals surface area (Å²) in [4.78, 5) is 49.3. The lowest BCUT2D eigenvalue weighted by Crippen LogP contribution is -2.38. The van der Waals surface area contributed by atoms with Crippen molar-refractivity contribution >= 4 is 23.3 Å². The Bertz CT molecular complexity index is 719. The third-order valence-electron chi connectivity index (χ3n) is 6.33. The molecule has 0 aromatic heterocycles. The highest BCUT2D eigenvalue weighted by Gasteiger charge is 2.30. The van der Waals surface area contributed by atoms with E-state index < -0.39 is 5.41 Å². The summed E-state index contributed by atoms with van der Waals surface area (Å²) in [7, 11) is 0. The Balaban J connectivity index is 4.06. The van der Waals surface area contributed by atoms with Crippen LogP contribution in [-0.2, 0) is 28.7 Å². The fraction of sp³-hybridized carbons (Fsp3) is 0.862. The number of hydrogen-bond acceptors (Lipinski definition) is 7. The quantitative estimate of drug-likeness (QED) is 0.180. The predicted molar refractivity (Wildman–Crippen MR) is 148 cm³/mol. The van der Waals surface area contributed by atoms with E-state index in [1.165, 1.54) is 0 Å². The molecule has 37 heavy (non-hydrogen) atoms. The zero-order chi connectivity index (χ0) is 28.7. The smallest absolute Gasteiger partial charge is 0.227 e. The Morgan fingerprint density at radius 1 is 0.757 bits per heavy atom. The number of amides is 1. The van der Waals surface area contributed by atoms with Gasteiger partial charge in [-0.3, -0.25) is 19.2 Å². The predicted octanol–water partition coefficient (Wildman–Crippen LogP) is 4.28. The summed E-state index contributed by atoms with van der Waals surface area (Å²) in [6.07, 6.45) is 2.27. The highest BCUT2D eigenvalue weighted by Crippen LogP contribution is 2.28. The molecule has 1 amide bonds. The molecule has 0 heterocycles. The molecule has 0 aromatic rings. The Morgan fingerprint density at radius 2 is 1.32 bits per heavy atom. The van der Waals surface area contributed by atoms with Crippen LogP contribution in [0.5, 0.6) is 0 Å². The molecular formula is C29H54N2O6. The molecule has 0 rings (SSSR count). The van der Waals surface area contributed by atoms with Gasteiger partial charge in [-0.05, 0) is 40.0 Å². The van der Waals surface area contributed by atoms with Crippen LogP contribution in [0.4, 0.5) is 0 Å². The molecule has 0 aliphatic rings. The number of Topliss-reactive ketones (excluding diaryl/α,β-unsaturated/α-hetero) is 3. The summed E-state index contributed by atoms with van der Waals surface area (Å²) in [6, 6.07) is 0. The van der Waals surface area contributed by atoms with Gasteiger partial charge in [0.05, 0.1) is 32.8 Å². The van der Waals surface area contributed by atoms with Gasteiger partial charge in [0.1, 0.15) is 17.3 Å². The monoisotopic (exact) mass is 526 g/mol. The molecule has 0 saturated heterocycles. The Kier molecular flexibility index (Phi) is 16.3. The van der Waals surface area contributed by atoms with E-state index in [0.29, 0.717) is 65.1 Å². The molecular weight excluding hydrogens is 472 g/mol. The number of carbonyl (C=O) groups is 4. The van der Waals surface area contributed by atoms with E-state index in [2.05, 4.69) is 31.4 Å². The highest BCUT2D eigenvalue weighted by atomic mass is 16.5. The summed E-state index contributed by atoms with van der Waals surface area (Å²) in [5.74, 6) is -0.355. The van der Waals surface area contributed by atoms with Crippen LogP contribution in [0.3, 0.4) is 0 Å². The minimum Gasteiger partial charge on any atom is -0.378 e. The first-order valence-electron chi connectivity index (χ1n) is 13.7. The van der Waals surface area contributed by atoms with Crippen LogP contribution >= 0.6 is 0 Å². The van der Waals surface area contributed by atoms with Crippen molar-refractivity contribution in [3.8, 4) is 0 Å². The maximum atomic E-state index is 12.7. The van der Waals surface area contributed by atoms with E-state index in [1.807, 2.05) is 41.5 Å². The molecule has 0 spiro atoms. The fourth-order valence-corrected chi connectivity index (χ4v) is 3.45. The lowest BCUT2D eigenvalue weighted by Gasteiger charge is -2.24. The van der Waals surface area contributed by atoms with E-state index in [1.54, 1.807) is 0 Å². The molecule has 216 valence electrons. The van der Waals surface area contributed by atoms with Crippen molar-refractivity contribution in [2.45, 2.75) is 106 Å². The summed E-state index contributed by atoms with van der Waals surface area (Å²) in [5.41, 5.74) is -0.998. The lowest BCUT2D eigenvalue weighted by atomic mass is 9.79. The Hall–Kier alpha value is -1.64. The fourth-order valence-electron chi connectivity index (χ4n) is 3.45. The van der Waals surface area contributed by atoms with Crippen molar-refractivity contribution in [1.82, 2.24) is 10.6 Å². The molecule has 0 aromatic carbocycles. The second-order valence-electron chi connectivity index (χ2n) is 12.7. The average Bonchev–Trinajstić information content (AvgIpc) is 2.77. The van der Waals surface area contributed by atoms with Crippen LogP contribution in [0.1, 0.15) is 101 Å². The first-order valence-corrected chi connectivity index (χ1v) is 13.7. The summed E-state index contributed by atoms with van der Waals surface area (Å²) in [5, 5.41) is 6.06. The second-order valence-corrected chi connectivity index (χ2v) is 12.7. The Morgan fingerprint density at radius 3 is 1.86 bits per heavy atom. The maximum absolute atomic E-state index is 12.7. The van der Waals surface area contributed by atoms with Crippen LogP contribution in [0.2, 0.25) is 0 Å². The molecule has 0 aliphatic carbocycles. The molecule has 0 aliphatic heterocycles. The SMILES string of the molecule is CC(CCC(C)(C)C(=O)CC(=O)NCCOCCOCCNC(C)(C)C)C(=O)CCCC(=O)C(C)(C)C. The number of hydrogen-bond donors (Lipinski definition) is 2. The van der Waals surface area contributed by atoms with E-state index >= 15 is 0 Å². The molecule has 0 bridgehead atoms. The number of rotatable bonds is 20. The van der Waals surface area contributed by atoms with Crippen molar-refractivity contribution in [2.24, 2.45) is 16.7 Å². The third-order valence-corrected chi connectivity index (χ3v) is 6.33. The van der Waals surface area contributed by atoms with Gasteiger partial charge in [0.15, 0.2) is 0 Å². The van der Waals surface area contributed by atoms with E-state index in [-0.39, 0.29) is 46.5 Å². The van der Waals surface area contributed by atoms with Crippen molar-refractivity contribution in [3.63, 3.8) is 0 Å². The second kappa shape index (κ2) is 17.0. The minimum absolute atomic E-state index is 0.0708. The first-order chi connectivity index (χ1) is 17.0. The largest absolute Gasteiger partial charge is 0.378 e.